The van der Waals surface area contributed by atoms with Crippen LogP contribution in [-0.4, -0.2) is 26.3 Å². The van der Waals surface area contributed by atoms with Crippen LogP contribution in [0.4, 0.5) is 0 Å². The van der Waals surface area contributed by atoms with Gasteiger partial charge < -0.3 is 19.5 Å². The number of rotatable bonds is 6. The van der Waals surface area contributed by atoms with Crippen molar-refractivity contribution in [2.24, 2.45) is 0 Å². The molecule has 1 heterocycles. The first-order valence-electron chi connectivity index (χ1n) is 6.24. The minimum atomic E-state index is 0.643. The van der Waals surface area contributed by atoms with E-state index in [2.05, 4.69) is 10.3 Å². The molecule has 1 aromatic carbocycles. The maximum Gasteiger partial charge on any atom is 0.146 e. The third-order valence-electron chi connectivity index (χ3n) is 2.71. The number of nitrogens with zero attached hydrogens (tertiary/aromatic N) is 1. The van der Waals surface area contributed by atoms with Crippen LogP contribution in [0, 0.1) is 0 Å². The van der Waals surface area contributed by atoms with Crippen molar-refractivity contribution in [3.8, 4) is 23.0 Å². The molecule has 20 heavy (non-hydrogen) atoms. The van der Waals surface area contributed by atoms with Gasteiger partial charge in [0.1, 0.15) is 23.0 Å². The van der Waals surface area contributed by atoms with E-state index in [1.807, 2.05) is 13.1 Å². The lowest BCUT2D eigenvalue weighted by Gasteiger charge is -2.10. The topological polar surface area (TPSA) is 52.6 Å². The molecule has 0 amide bonds. The Labute approximate surface area is 118 Å². The van der Waals surface area contributed by atoms with Crippen molar-refractivity contribution in [1.29, 1.82) is 0 Å². The summed E-state index contributed by atoms with van der Waals surface area (Å²) in [6.07, 6.45) is 3.47. The summed E-state index contributed by atoms with van der Waals surface area (Å²) >= 11 is 0. The lowest BCUT2D eigenvalue weighted by atomic mass is 10.2. The number of methoxy groups -OCH3 is 2. The SMILES string of the molecule is CNCc1cncc(Oc2cc(OC)cc(OC)c2)c1. The molecule has 0 saturated carbocycles. The monoisotopic (exact) mass is 274 g/mol. The lowest BCUT2D eigenvalue weighted by Crippen LogP contribution is -2.05. The summed E-state index contributed by atoms with van der Waals surface area (Å²) in [5, 5.41) is 3.08. The summed E-state index contributed by atoms with van der Waals surface area (Å²) in [6.45, 7) is 0.742. The second-order valence-corrected chi connectivity index (χ2v) is 4.21. The van der Waals surface area contributed by atoms with Gasteiger partial charge in [-0.25, -0.2) is 0 Å². The van der Waals surface area contributed by atoms with Gasteiger partial charge in [-0.1, -0.05) is 0 Å². The van der Waals surface area contributed by atoms with E-state index in [-0.39, 0.29) is 0 Å². The van der Waals surface area contributed by atoms with E-state index in [1.165, 1.54) is 0 Å². The summed E-state index contributed by atoms with van der Waals surface area (Å²) in [4.78, 5) is 4.16. The van der Waals surface area contributed by atoms with Crippen molar-refractivity contribution in [3.05, 3.63) is 42.2 Å². The molecule has 0 aliphatic carbocycles. The molecule has 0 aliphatic heterocycles. The van der Waals surface area contributed by atoms with Crippen molar-refractivity contribution in [3.63, 3.8) is 0 Å². The largest absolute Gasteiger partial charge is 0.496 e. The molecule has 5 heteroatoms. The van der Waals surface area contributed by atoms with Gasteiger partial charge in [-0.3, -0.25) is 4.98 Å². The zero-order chi connectivity index (χ0) is 14.4. The number of aromatic nitrogens is 1. The Kier molecular flexibility index (Phi) is 4.79. The van der Waals surface area contributed by atoms with Crippen LogP contribution in [-0.2, 0) is 6.54 Å². The van der Waals surface area contributed by atoms with Crippen molar-refractivity contribution < 1.29 is 14.2 Å². The van der Waals surface area contributed by atoms with Gasteiger partial charge in [0.05, 0.1) is 20.4 Å². The Hall–Kier alpha value is -2.27. The van der Waals surface area contributed by atoms with Gasteiger partial charge in [0.25, 0.3) is 0 Å². The first kappa shape index (κ1) is 14.1. The van der Waals surface area contributed by atoms with Crippen LogP contribution < -0.4 is 19.5 Å². The predicted molar refractivity (Wildman–Crippen MR) is 76.6 cm³/mol. The van der Waals surface area contributed by atoms with Crippen molar-refractivity contribution in [2.45, 2.75) is 6.54 Å². The van der Waals surface area contributed by atoms with Crippen LogP contribution in [0.1, 0.15) is 5.56 Å². The Morgan fingerprint density at radius 1 is 0.900 bits per heavy atom. The maximum absolute atomic E-state index is 5.80. The number of hydrogen-bond acceptors (Lipinski definition) is 5. The number of pyridine rings is 1. The van der Waals surface area contributed by atoms with Crippen molar-refractivity contribution in [1.82, 2.24) is 10.3 Å². The molecule has 1 N–H and O–H groups in total. The van der Waals surface area contributed by atoms with Gasteiger partial charge in [0.15, 0.2) is 0 Å². The van der Waals surface area contributed by atoms with Crippen LogP contribution >= 0.6 is 0 Å². The summed E-state index contributed by atoms with van der Waals surface area (Å²) < 4.78 is 16.2. The van der Waals surface area contributed by atoms with Crippen LogP contribution in [0.3, 0.4) is 0 Å². The molecule has 0 atom stereocenters. The standard InChI is InChI=1S/C15H18N2O3/c1-16-8-11-4-15(10-17-9-11)20-14-6-12(18-2)5-13(7-14)19-3/h4-7,9-10,16H,8H2,1-3H3. The average molecular weight is 274 g/mol. The molecule has 2 rings (SSSR count). The fourth-order valence-electron chi connectivity index (χ4n) is 1.80. The van der Waals surface area contributed by atoms with Crippen molar-refractivity contribution in [2.75, 3.05) is 21.3 Å². The smallest absolute Gasteiger partial charge is 0.146 e. The Morgan fingerprint density at radius 3 is 2.15 bits per heavy atom. The fraction of sp³-hybridized carbons (Fsp3) is 0.267. The Bertz CT molecular complexity index is 551. The van der Waals surface area contributed by atoms with Crippen LogP contribution in [0.15, 0.2) is 36.7 Å². The Balaban J connectivity index is 2.22. The van der Waals surface area contributed by atoms with E-state index in [9.17, 15) is 0 Å². The van der Waals surface area contributed by atoms with Gasteiger partial charge >= 0.3 is 0 Å². The highest BCUT2D eigenvalue weighted by molar-refractivity contribution is 5.43. The molecule has 0 saturated heterocycles. The first-order valence-corrected chi connectivity index (χ1v) is 6.24. The van der Waals surface area contributed by atoms with Crippen LogP contribution in [0.2, 0.25) is 0 Å². The quantitative estimate of drug-likeness (QED) is 0.877. The number of ether oxygens (including phenoxy) is 3. The third kappa shape index (κ3) is 3.61. The number of benzene rings is 1. The summed E-state index contributed by atoms with van der Waals surface area (Å²) in [6, 6.07) is 7.33. The van der Waals surface area contributed by atoms with Gasteiger partial charge in [0.2, 0.25) is 0 Å². The summed E-state index contributed by atoms with van der Waals surface area (Å²) in [5.74, 6) is 2.68. The minimum Gasteiger partial charge on any atom is -0.496 e. The van der Waals surface area contributed by atoms with E-state index in [4.69, 9.17) is 14.2 Å². The third-order valence-corrected chi connectivity index (χ3v) is 2.71. The van der Waals surface area contributed by atoms with Gasteiger partial charge in [-0.2, -0.15) is 0 Å². The number of nitrogens with one attached hydrogen (secondary N) is 1. The van der Waals surface area contributed by atoms with E-state index in [0.717, 1.165) is 12.1 Å². The minimum absolute atomic E-state index is 0.643. The first-order chi connectivity index (χ1) is 9.75. The highest BCUT2D eigenvalue weighted by Crippen LogP contribution is 2.30. The van der Waals surface area contributed by atoms with Gasteiger partial charge in [-0.05, 0) is 18.7 Å². The maximum atomic E-state index is 5.80. The van der Waals surface area contributed by atoms with E-state index in [0.29, 0.717) is 23.0 Å². The van der Waals surface area contributed by atoms with Gasteiger partial charge in [-0.15, -0.1) is 0 Å². The highest BCUT2D eigenvalue weighted by Gasteiger charge is 2.05. The molecular formula is C15H18N2O3. The molecule has 0 unspecified atom stereocenters. The molecule has 0 aliphatic rings. The zero-order valence-electron chi connectivity index (χ0n) is 11.8. The molecule has 0 radical (unpaired) electrons. The fourth-order valence-corrected chi connectivity index (χ4v) is 1.80. The van der Waals surface area contributed by atoms with E-state index in [1.54, 1.807) is 44.8 Å². The molecule has 1 aromatic heterocycles. The second-order valence-electron chi connectivity index (χ2n) is 4.21. The molecule has 106 valence electrons. The molecule has 2 aromatic rings. The molecule has 0 bridgehead atoms. The second kappa shape index (κ2) is 6.77. The predicted octanol–water partition coefficient (Wildman–Crippen LogP) is 2.61. The Morgan fingerprint density at radius 2 is 1.55 bits per heavy atom. The molecule has 5 nitrogen and oxygen atoms in total. The van der Waals surface area contributed by atoms with E-state index < -0.39 is 0 Å². The average Bonchev–Trinajstić information content (AvgIpc) is 2.47. The summed E-state index contributed by atoms with van der Waals surface area (Å²) in [5.41, 5.74) is 1.06. The normalized spacial score (nSPS) is 10.2. The molecular weight excluding hydrogens is 256 g/mol. The van der Waals surface area contributed by atoms with Gasteiger partial charge in [0, 0.05) is 30.9 Å². The van der Waals surface area contributed by atoms with Crippen molar-refractivity contribution >= 4 is 0 Å². The highest BCUT2D eigenvalue weighted by atomic mass is 16.5. The van der Waals surface area contributed by atoms with Crippen LogP contribution in [0.5, 0.6) is 23.0 Å². The molecule has 0 fully saturated rings. The molecule has 0 spiro atoms. The van der Waals surface area contributed by atoms with E-state index >= 15 is 0 Å². The van der Waals surface area contributed by atoms with Crippen LogP contribution in [0.25, 0.3) is 0 Å². The zero-order valence-corrected chi connectivity index (χ0v) is 11.8. The lowest BCUT2D eigenvalue weighted by molar-refractivity contribution is 0.386. The summed E-state index contributed by atoms with van der Waals surface area (Å²) in [7, 11) is 5.10. The number of hydrogen-bond donors (Lipinski definition) is 1.